The van der Waals surface area contributed by atoms with Crippen LogP contribution in [0.2, 0.25) is 0 Å². The number of nitrogens with zero attached hydrogens (tertiary/aromatic N) is 4. The molecular formula is C30H39N5O6. The molecule has 3 heterocycles. The summed E-state index contributed by atoms with van der Waals surface area (Å²) < 4.78 is 10.3. The van der Waals surface area contributed by atoms with Crippen molar-refractivity contribution < 1.29 is 28.7 Å². The van der Waals surface area contributed by atoms with Gasteiger partial charge in [-0.1, -0.05) is 30.3 Å². The number of piperazine rings is 1. The van der Waals surface area contributed by atoms with E-state index in [-0.39, 0.29) is 37.4 Å². The predicted octanol–water partition coefficient (Wildman–Crippen LogP) is 2.61. The number of pyridine rings is 1. The summed E-state index contributed by atoms with van der Waals surface area (Å²) in [6, 6.07) is 12.5. The smallest absolute Gasteiger partial charge is 0.408 e. The van der Waals surface area contributed by atoms with Crippen LogP contribution in [0.15, 0.2) is 54.9 Å². The number of carbonyl (C=O) groups is 4. The summed E-state index contributed by atoms with van der Waals surface area (Å²) in [6.45, 7) is 5.49. The number of alkyl carbamates (subject to hydrolysis) is 1. The number of anilines is 1. The molecule has 1 aromatic carbocycles. The molecular weight excluding hydrogens is 526 g/mol. The molecule has 2 aliphatic heterocycles. The number of piperidine rings is 1. The van der Waals surface area contributed by atoms with Gasteiger partial charge in [0.25, 0.3) is 0 Å². The highest BCUT2D eigenvalue weighted by Gasteiger charge is 2.33. The molecule has 0 spiro atoms. The molecule has 0 bridgehead atoms. The Kier molecular flexibility index (Phi) is 10.9. The lowest BCUT2D eigenvalue weighted by molar-refractivity contribution is -0.149. The Morgan fingerprint density at radius 1 is 0.902 bits per heavy atom. The van der Waals surface area contributed by atoms with Crippen LogP contribution in [-0.4, -0.2) is 90.6 Å². The lowest BCUT2D eigenvalue weighted by atomic mass is 9.89. The zero-order valence-corrected chi connectivity index (χ0v) is 23.6. The van der Waals surface area contributed by atoms with Gasteiger partial charge in [0.15, 0.2) is 0 Å². The molecule has 11 heteroatoms. The van der Waals surface area contributed by atoms with Crippen LogP contribution in [0, 0.1) is 5.92 Å². The Bertz CT molecular complexity index is 1150. The van der Waals surface area contributed by atoms with E-state index in [4.69, 9.17) is 9.47 Å². The minimum Gasteiger partial charge on any atom is -0.466 e. The number of carbonyl (C=O) groups excluding carboxylic acids is 4. The maximum Gasteiger partial charge on any atom is 0.408 e. The second-order valence-corrected chi connectivity index (χ2v) is 10.3. The lowest BCUT2D eigenvalue weighted by Crippen LogP contribution is -2.55. The molecule has 41 heavy (non-hydrogen) atoms. The number of likely N-dealkylation sites (tertiary alicyclic amines) is 1. The molecule has 4 rings (SSSR count). The van der Waals surface area contributed by atoms with Crippen molar-refractivity contribution in [3.05, 3.63) is 60.4 Å². The Morgan fingerprint density at radius 3 is 2.24 bits per heavy atom. The van der Waals surface area contributed by atoms with Gasteiger partial charge in [-0.15, -0.1) is 0 Å². The van der Waals surface area contributed by atoms with E-state index in [0.717, 1.165) is 11.3 Å². The van der Waals surface area contributed by atoms with Crippen molar-refractivity contribution in [2.75, 3.05) is 50.8 Å². The summed E-state index contributed by atoms with van der Waals surface area (Å²) in [5.41, 5.74) is 1.92. The first-order valence-electron chi connectivity index (χ1n) is 14.3. The Labute approximate surface area is 240 Å². The van der Waals surface area contributed by atoms with E-state index in [1.54, 1.807) is 29.1 Å². The molecule has 2 aromatic rings. The van der Waals surface area contributed by atoms with Gasteiger partial charge in [-0.25, -0.2) is 4.79 Å². The van der Waals surface area contributed by atoms with Crippen molar-refractivity contribution in [1.29, 1.82) is 0 Å². The number of aromatic nitrogens is 1. The molecule has 11 nitrogen and oxygen atoms in total. The van der Waals surface area contributed by atoms with Crippen LogP contribution < -0.4 is 10.2 Å². The van der Waals surface area contributed by atoms with Crippen molar-refractivity contribution >= 4 is 29.6 Å². The first-order valence-corrected chi connectivity index (χ1v) is 14.3. The van der Waals surface area contributed by atoms with Gasteiger partial charge in [0.2, 0.25) is 11.8 Å². The number of amides is 3. The summed E-state index contributed by atoms with van der Waals surface area (Å²) in [6.07, 6.45) is 4.41. The minimum atomic E-state index is -0.738. The van der Waals surface area contributed by atoms with Crippen LogP contribution in [0.4, 0.5) is 10.5 Å². The van der Waals surface area contributed by atoms with Crippen molar-refractivity contribution in [3.8, 4) is 0 Å². The summed E-state index contributed by atoms with van der Waals surface area (Å²) in [4.78, 5) is 60.4. The van der Waals surface area contributed by atoms with E-state index in [2.05, 4.69) is 15.2 Å². The second kappa shape index (κ2) is 15.0. The zero-order valence-electron chi connectivity index (χ0n) is 23.6. The van der Waals surface area contributed by atoms with Crippen LogP contribution in [0.3, 0.4) is 0 Å². The first kappa shape index (κ1) is 29.8. The number of ether oxygens (including phenoxy) is 2. The molecule has 0 radical (unpaired) electrons. The highest BCUT2D eigenvalue weighted by atomic mass is 16.5. The lowest BCUT2D eigenvalue weighted by Gasteiger charge is -2.38. The highest BCUT2D eigenvalue weighted by Crippen LogP contribution is 2.24. The molecule has 0 unspecified atom stereocenters. The molecule has 1 atom stereocenters. The van der Waals surface area contributed by atoms with Gasteiger partial charge >= 0.3 is 12.1 Å². The van der Waals surface area contributed by atoms with E-state index in [0.29, 0.717) is 58.5 Å². The molecule has 2 aliphatic rings. The number of rotatable bonds is 10. The van der Waals surface area contributed by atoms with Gasteiger partial charge in [-0.3, -0.25) is 19.4 Å². The molecule has 220 valence electrons. The predicted molar refractivity (Wildman–Crippen MR) is 152 cm³/mol. The molecule has 1 N–H and O–H groups in total. The minimum absolute atomic E-state index is 0.110. The van der Waals surface area contributed by atoms with Crippen LogP contribution >= 0.6 is 0 Å². The summed E-state index contributed by atoms with van der Waals surface area (Å²) in [5, 5.41) is 2.83. The van der Waals surface area contributed by atoms with Crippen LogP contribution in [0.5, 0.6) is 0 Å². The van der Waals surface area contributed by atoms with E-state index >= 15 is 0 Å². The molecule has 2 fully saturated rings. The monoisotopic (exact) mass is 565 g/mol. The van der Waals surface area contributed by atoms with Gasteiger partial charge < -0.3 is 29.5 Å². The number of hydrogen-bond donors (Lipinski definition) is 1. The molecule has 0 aliphatic carbocycles. The van der Waals surface area contributed by atoms with E-state index in [9.17, 15) is 19.2 Å². The van der Waals surface area contributed by atoms with Crippen molar-refractivity contribution in [3.63, 3.8) is 0 Å². The Hall–Kier alpha value is -4.15. The molecule has 2 saturated heterocycles. The van der Waals surface area contributed by atoms with E-state index in [1.165, 1.54) is 0 Å². The summed E-state index contributed by atoms with van der Waals surface area (Å²) in [5.74, 6) is -0.767. The zero-order chi connectivity index (χ0) is 29.0. The largest absolute Gasteiger partial charge is 0.466 e. The Morgan fingerprint density at radius 2 is 1.59 bits per heavy atom. The van der Waals surface area contributed by atoms with Gasteiger partial charge in [-0.05, 0) is 49.8 Å². The van der Waals surface area contributed by atoms with Gasteiger partial charge in [-0.2, -0.15) is 0 Å². The maximum atomic E-state index is 13.7. The van der Waals surface area contributed by atoms with Crippen molar-refractivity contribution in [1.82, 2.24) is 20.1 Å². The average Bonchev–Trinajstić information content (AvgIpc) is 3.01. The van der Waals surface area contributed by atoms with Crippen LogP contribution in [-0.2, 0) is 30.5 Å². The number of esters is 1. The topological polar surface area (TPSA) is 121 Å². The molecule has 1 aromatic heterocycles. The van der Waals surface area contributed by atoms with Crippen LogP contribution in [0.1, 0.15) is 38.2 Å². The standard InChI is InChI=1S/C30H39N5O6/c1-2-40-28(37)21-27(36)34-14-10-23(11-15-34)20-26(32-30(39)41-22-24-6-4-3-5-7-24)29(38)35-18-16-33(17-19-35)25-8-12-31-13-9-25/h3-9,12-13,23,26H,2,10-11,14-22H2,1H3,(H,32,39)/t26-/m0/s1. The summed E-state index contributed by atoms with van der Waals surface area (Å²) >= 11 is 0. The van der Waals surface area contributed by atoms with Crippen molar-refractivity contribution in [2.24, 2.45) is 5.92 Å². The summed E-state index contributed by atoms with van der Waals surface area (Å²) in [7, 11) is 0. The van der Waals surface area contributed by atoms with Gasteiger partial charge in [0, 0.05) is 57.3 Å². The fourth-order valence-electron chi connectivity index (χ4n) is 5.29. The average molecular weight is 566 g/mol. The maximum absolute atomic E-state index is 13.7. The SMILES string of the molecule is CCOC(=O)CC(=O)N1CCC(C[C@H](NC(=O)OCc2ccccc2)C(=O)N2CCN(c3ccncc3)CC2)CC1. The van der Waals surface area contributed by atoms with Crippen LogP contribution in [0.25, 0.3) is 0 Å². The van der Waals surface area contributed by atoms with E-state index in [1.807, 2.05) is 42.5 Å². The number of hydrogen-bond acceptors (Lipinski definition) is 8. The quantitative estimate of drug-likeness (QED) is 0.345. The normalized spacial score (nSPS) is 16.6. The van der Waals surface area contributed by atoms with Gasteiger partial charge in [0.1, 0.15) is 19.1 Å². The fraction of sp³-hybridized carbons (Fsp3) is 0.500. The Balaban J connectivity index is 1.34. The molecule has 0 saturated carbocycles. The van der Waals surface area contributed by atoms with E-state index < -0.39 is 18.1 Å². The first-order chi connectivity index (χ1) is 19.9. The second-order valence-electron chi connectivity index (χ2n) is 10.3. The van der Waals surface area contributed by atoms with Gasteiger partial charge in [0.05, 0.1) is 6.61 Å². The fourth-order valence-corrected chi connectivity index (χ4v) is 5.29. The third kappa shape index (κ3) is 8.92. The van der Waals surface area contributed by atoms with Crippen molar-refractivity contribution in [2.45, 2.75) is 45.3 Å². The highest BCUT2D eigenvalue weighted by molar-refractivity contribution is 5.94. The number of benzene rings is 1. The third-order valence-corrected chi connectivity index (χ3v) is 7.56. The number of nitrogens with one attached hydrogen (secondary N) is 1. The third-order valence-electron chi connectivity index (χ3n) is 7.56. The molecule has 3 amide bonds.